The number of hydrogen-bond donors (Lipinski definition) is 2. The fourth-order valence-corrected chi connectivity index (χ4v) is 2.73. The van der Waals surface area contributed by atoms with Crippen LogP contribution in [0.15, 0.2) is 40.9 Å². The summed E-state index contributed by atoms with van der Waals surface area (Å²) < 4.78 is 5.74. The van der Waals surface area contributed by atoms with Gasteiger partial charge in [0, 0.05) is 23.9 Å². The molecule has 6 nitrogen and oxygen atoms in total. The van der Waals surface area contributed by atoms with E-state index in [9.17, 15) is 4.79 Å². The van der Waals surface area contributed by atoms with Crippen LogP contribution in [0.2, 0.25) is 0 Å². The smallest absolute Gasteiger partial charge is 0.228 e. The molecule has 7 heteroatoms. The van der Waals surface area contributed by atoms with Crippen molar-refractivity contribution in [2.24, 2.45) is 0 Å². The van der Waals surface area contributed by atoms with E-state index in [-0.39, 0.29) is 5.91 Å². The van der Waals surface area contributed by atoms with Crippen LogP contribution in [0.25, 0.3) is 22.7 Å². The van der Waals surface area contributed by atoms with Gasteiger partial charge in [-0.3, -0.25) is 4.79 Å². The van der Waals surface area contributed by atoms with Crippen molar-refractivity contribution in [3.63, 3.8) is 0 Å². The lowest BCUT2D eigenvalue weighted by molar-refractivity contribution is -0.119. The molecule has 3 aromatic rings. The molecule has 0 aliphatic heterocycles. The Morgan fingerprint density at radius 3 is 2.88 bits per heavy atom. The molecule has 1 amide bonds. The number of unbranched alkanes of at least 4 members (excludes halogenated alkanes) is 1. The molecule has 0 atom stereocenters. The molecule has 2 heterocycles. The van der Waals surface area contributed by atoms with E-state index in [1.807, 2.05) is 44.2 Å². The number of amides is 1. The lowest BCUT2D eigenvalue weighted by Crippen LogP contribution is -2.34. The molecule has 0 fully saturated rings. The molecule has 0 aliphatic rings. The van der Waals surface area contributed by atoms with Crippen LogP contribution >= 0.6 is 12.2 Å². The molecule has 1 aromatic carbocycles. The molecule has 3 rings (SSSR count). The zero-order valence-corrected chi connectivity index (χ0v) is 15.5. The number of rotatable bonds is 5. The number of fused-ring (bicyclic) bond motifs is 1. The van der Waals surface area contributed by atoms with Gasteiger partial charge < -0.3 is 15.1 Å². The maximum Gasteiger partial charge on any atom is 0.228 e. The number of aryl methyl sites for hydroxylation is 1. The fraction of sp³-hybridized carbons (Fsp3) is 0.263. The van der Waals surface area contributed by atoms with Gasteiger partial charge in [0.05, 0.1) is 0 Å². The first-order valence-corrected chi connectivity index (χ1v) is 8.91. The van der Waals surface area contributed by atoms with Gasteiger partial charge in [0.1, 0.15) is 0 Å². The Balaban J connectivity index is 1.71. The highest BCUT2D eigenvalue weighted by atomic mass is 32.1. The van der Waals surface area contributed by atoms with Crippen molar-refractivity contribution in [2.75, 3.05) is 5.32 Å². The van der Waals surface area contributed by atoms with Gasteiger partial charge in [0.2, 0.25) is 11.8 Å². The summed E-state index contributed by atoms with van der Waals surface area (Å²) in [6, 6.07) is 9.38. The Bertz CT molecular complexity index is 919. The minimum absolute atomic E-state index is 0.0717. The predicted molar refractivity (Wildman–Crippen MR) is 106 cm³/mol. The highest BCUT2D eigenvalue weighted by molar-refractivity contribution is 7.80. The Morgan fingerprint density at radius 1 is 1.31 bits per heavy atom. The molecule has 2 aromatic heterocycles. The summed E-state index contributed by atoms with van der Waals surface area (Å²) in [4.78, 5) is 20.3. The van der Waals surface area contributed by atoms with E-state index >= 15 is 0 Å². The van der Waals surface area contributed by atoms with Crippen molar-refractivity contribution in [1.82, 2.24) is 15.3 Å². The standard InChI is InChI=1S/C19H20N4O2S/c1-3-4-7-16(24)22-19(26)21-14-9-8-13(11-12(14)2)18-23-17-15(25-18)6-5-10-20-17/h5-6,8-11H,3-4,7H2,1-2H3,(H2,21,22,24,26). The van der Waals surface area contributed by atoms with E-state index in [4.69, 9.17) is 16.6 Å². The number of anilines is 1. The lowest BCUT2D eigenvalue weighted by Gasteiger charge is -2.12. The molecule has 0 saturated heterocycles. The van der Waals surface area contributed by atoms with Crippen LogP contribution in [0, 0.1) is 6.92 Å². The number of aromatic nitrogens is 2. The van der Waals surface area contributed by atoms with Gasteiger partial charge >= 0.3 is 0 Å². The number of carbonyl (C=O) groups is 1. The van der Waals surface area contributed by atoms with Gasteiger partial charge in [-0.05, 0) is 61.5 Å². The van der Waals surface area contributed by atoms with Crippen LogP contribution in [-0.4, -0.2) is 21.0 Å². The van der Waals surface area contributed by atoms with E-state index in [0.717, 1.165) is 29.7 Å². The molecular weight excluding hydrogens is 348 g/mol. The summed E-state index contributed by atoms with van der Waals surface area (Å²) >= 11 is 5.21. The fourth-order valence-electron chi connectivity index (χ4n) is 2.51. The average Bonchev–Trinajstić information content (AvgIpc) is 3.05. The van der Waals surface area contributed by atoms with E-state index in [1.165, 1.54) is 0 Å². The normalized spacial score (nSPS) is 10.7. The minimum atomic E-state index is -0.0717. The van der Waals surface area contributed by atoms with Crippen LogP contribution in [0.3, 0.4) is 0 Å². The van der Waals surface area contributed by atoms with Gasteiger partial charge in [-0.2, -0.15) is 4.98 Å². The summed E-state index contributed by atoms with van der Waals surface area (Å²) in [5.41, 5.74) is 3.87. The van der Waals surface area contributed by atoms with Gasteiger partial charge in [-0.15, -0.1) is 0 Å². The molecule has 0 bridgehead atoms. The molecule has 0 saturated carbocycles. The van der Waals surface area contributed by atoms with Crippen molar-refractivity contribution in [2.45, 2.75) is 33.1 Å². The van der Waals surface area contributed by atoms with Crippen molar-refractivity contribution < 1.29 is 9.21 Å². The van der Waals surface area contributed by atoms with Crippen LogP contribution in [0.4, 0.5) is 5.69 Å². The second-order valence-corrected chi connectivity index (χ2v) is 6.39. The summed E-state index contributed by atoms with van der Waals surface area (Å²) in [6.07, 6.45) is 3.98. The molecule has 0 spiro atoms. The van der Waals surface area contributed by atoms with E-state index in [0.29, 0.717) is 28.7 Å². The highest BCUT2D eigenvalue weighted by Gasteiger charge is 2.11. The molecule has 2 N–H and O–H groups in total. The molecule has 134 valence electrons. The number of nitrogens with one attached hydrogen (secondary N) is 2. The summed E-state index contributed by atoms with van der Waals surface area (Å²) in [5, 5.41) is 6.05. The van der Waals surface area contributed by atoms with Crippen molar-refractivity contribution in [1.29, 1.82) is 0 Å². The molecule has 0 radical (unpaired) electrons. The maximum atomic E-state index is 11.7. The minimum Gasteiger partial charge on any atom is -0.434 e. The maximum absolute atomic E-state index is 11.7. The van der Waals surface area contributed by atoms with Gasteiger partial charge in [-0.1, -0.05) is 13.3 Å². The van der Waals surface area contributed by atoms with E-state index in [2.05, 4.69) is 20.6 Å². The quantitative estimate of drug-likeness (QED) is 0.657. The van der Waals surface area contributed by atoms with Crippen molar-refractivity contribution in [3.8, 4) is 11.5 Å². The third-order valence-corrected chi connectivity index (χ3v) is 4.10. The zero-order valence-electron chi connectivity index (χ0n) is 14.7. The first-order valence-electron chi connectivity index (χ1n) is 8.50. The molecule has 0 unspecified atom stereocenters. The monoisotopic (exact) mass is 368 g/mol. The van der Waals surface area contributed by atoms with E-state index < -0.39 is 0 Å². The third kappa shape index (κ3) is 4.23. The topological polar surface area (TPSA) is 80.0 Å². The predicted octanol–water partition coefficient (Wildman–Crippen LogP) is 4.20. The number of carbonyl (C=O) groups excluding carboxylic acids is 1. The zero-order chi connectivity index (χ0) is 18.5. The van der Waals surface area contributed by atoms with Crippen molar-refractivity contribution in [3.05, 3.63) is 42.1 Å². The molecule has 0 aliphatic carbocycles. The van der Waals surface area contributed by atoms with Crippen LogP contribution in [-0.2, 0) is 4.79 Å². The number of nitrogens with zero attached hydrogens (tertiary/aromatic N) is 2. The second-order valence-electron chi connectivity index (χ2n) is 5.98. The molecule has 26 heavy (non-hydrogen) atoms. The Hall–Kier alpha value is -2.80. The molecular formula is C19H20N4O2S. The summed E-state index contributed by atoms with van der Waals surface area (Å²) in [7, 11) is 0. The largest absolute Gasteiger partial charge is 0.434 e. The Morgan fingerprint density at radius 2 is 2.15 bits per heavy atom. The summed E-state index contributed by atoms with van der Waals surface area (Å²) in [6.45, 7) is 4.00. The lowest BCUT2D eigenvalue weighted by atomic mass is 10.1. The van der Waals surface area contributed by atoms with Crippen molar-refractivity contribution >= 4 is 40.2 Å². The Labute approximate surface area is 157 Å². The first kappa shape index (κ1) is 18.0. The first-order chi connectivity index (χ1) is 12.6. The number of pyridine rings is 1. The SMILES string of the molecule is CCCCC(=O)NC(=S)Nc1ccc(-c2nc3ncccc3o2)cc1C. The average molecular weight is 368 g/mol. The van der Waals surface area contributed by atoms with Crippen LogP contribution in [0.5, 0.6) is 0 Å². The number of oxazole rings is 1. The number of benzene rings is 1. The number of thiocarbonyl (C=S) groups is 1. The number of hydrogen-bond acceptors (Lipinski definition) is 5. The van der Waals surface area contributed by atoms with Gasteiger partial charge in [0.25, 0.3) is 0 Å². The van der Waals surface area contributed by atoms with Gasteiger partial charge in [-0.25, -0.2) is 4.98 Å². The highest BCUT2D eigenvalue weighted by Crippen LogP contribution is 2.26. The van der Waals surface area contributed by atoms with Crippen LogP contribution in [0.1, 0.15) is 31.7 Å². The summed E-state index contributed by atoms with van der Waals surface area (Å²) in [5.74, 6) is 0.446. The second kappa shape index (κ2) is 8.05. The van der Waals surface area contributed by atoms with E-state index in [1.54, 1.807) is 6.20 Å². The van der Waals surface area contributed by atoms with Crippen LogP contribution < -0.4 is 10.6 Å². The van der Waals surface area contributed by atoms with Gasteiger partial charge in [0.15, 0.2) is 16.3 Å². The third-order valence-electron chi connectivity index (χ3n) is 3.90. The Kier molecular flexibility index (Phi) is 5.58.